The van der Waals surface area contributed by atoms with Gasteiger partial charge in [-0.15, -0.1) is 0 Å². The number of anilines is 1. The fourth-order valence-corrected chi connectivity index (χ4v) is 2.10. The van der Waals surface area contributed by atoms with Crippen molar-refractivity contribution in [2.75, 3.05) is 11.9 Å². The number of nitrogens with one attached hydrogen (secondary N) is 1. The van der Waals surface area contributed by atoms with Gasteiger partial charge in [-0.05, 0) is 18.1 Å². The van der Waals surface area contributed by atoms with Crippen LogP contribution in [0.5, 0.6) is 0 Å². The molecule has 0 atom stereocenters. The molecule has 0 heterocycles. The highest BCUT2D eigenvalue weighted by Gasteiger charge is 2.14. The van der Waals surface area contributed by atoms with Gasteiger partial charge in [-0.3, -0.25) is 0 Å². The standard InChI is InChI=1S/C11H13BrClNO2/c1-6(2)5-14-10-8(11(15)16)3-7(12)4-9(10)13/h3-4,6,14H,5H2,1-2H3,(H,15,16). The number of aromatic carboxylic acids is 1. The molecule has 1 aromatic rings. The van der Waals surface area contributed by atoms with Crippen LogP contribution in [-0.4, -0.2) is 17.6 Å². The number of rotatable bonds is 4. The molecule has 0 unspecified atom stereocenters. The van der Waals surface area contributed by atoms with E-state index in [0.717, 1.165) is 0 Å². The molecule has 0 aliphatic rings. The summed E-state index contributed by atoms with van der Waals surface area (Å²) in [6, 6.07) is 3.22. The summed E-state index contributed by atoms with van der Waals surface area (Å²) in [5.41, 5.74) is 0.658. The first kappa shape index (κ1) is 13.3. The number of halogens is 2. The Morgan fingerprint density at radius 2 is 2.19 bits per heavy atom. The molecule has 0 radical (unpaired) electrons. The van der Waals surface area contributed by atoms with Gasteiger partial charge in [0.05, 0.1) is 16.3 Å². The van der Waals surface area contributed by atoms with Crippen LogP contribution >= 0.6 is 27.5 Å². The normalized spacial score (nSPS) is 10.6. The first-order valence-electron chi connectivity index (χ1n) is 4.88. The van der Waals surface area contributed by atoms with Crippen LogP contribution in [0.3, 0.4) is 0 Å². The Labute approximate surface area is 108 Å². The third-order valence-electron chi connectivity index (χ3n) is 1.97. The smallest absolute Gasteiger partial charge is 0.337 e. The van der Waals surface area contributed by atoms with E-state index in [1.807, 2.05) is 13.8 Å². The highest BCUT2D eigenvalue weighted by molar-refractivity contribution is 9.10. The summed E-state index contributed by atoms with van der Waals surface area (Å²) in [5, 5.41) is 12.5. The van der Waals surface area contributed by atoms with Gasteiger partial charge < -0.3 is 10.4 Å². The van der Waals surface area contributed by atoms with Crippen LogP contribution in [0, 0.1) is 5.92 Å². The highest BCUT2D eigenvalue weighted by atomic mass is 79.9. The maximum Gasteiger partial charge on any atom is 0.337 e. The molecule has 0 aliphatic heterocycles. The Morgan fingerprint density at radius 1 is 1.56 bits per heavy atom. The zero-order chi connectivity index (χ0) is 12.3. The minimum absolute atomic E-state index is 0.181. The lowest BCUT2D eigenvalue weighted by Gasteiger charge is -2.13. The average molecular weight is 307 g/mol. The molecule has 3 nitrogen and oxygen atoms in total. The fraction of sp³-hybridized carbons (Fsp3) is 0.364. The highest BCUT2D eigenvalue weighted by Crippen LogP contribution is 2.30. The van der Waals surface area contributed by atoms with Crippen molar-refractivity contribution in [3.8, 4) is 0 Å². The quantitative estimate of drug-likeness (QED) is 0.888. The Hall–Kier alpha value is -0.740. The Morgan fingerprint density at radius 3 is 2.69 bits per heavy atom. The minimum atomic E-state index is -0.991. The minimum Gasteiger partial charge on any atom is -0.478 e. The fourth-order valence-electron chi connectivity index (χ4n) is 1.23. The van der Waals surface area contributed by atoms with Gasteiger partial charge in [-0.25, -0.2) is 4.79 Å². The lowest BCUT2D eigenvalue weighted by atomic mass is 10.1. The molecule has 2 N–H and O–H groups in total. The Bertz CT molecular complexity index is 407. The molecule has 88 valence electrons. The van der Waals surface area contributed by atoms with Crippen molar-refractivity contribution in [3.05, 3.63) is 27.2 Å². The van der Waals surface area contributed by atoms with Crippen LogP contribution < -0.4 is 5.32 Å². The number of hydrogen-bond acceptors (Lipinski definition) is 2. The van der Waals surface area contributed by atoms with Crippen molar-refractivity contribution in [2.24, 2.45) is 5.92 Å². The summed E-state index contributed by atoms with van der Waals surface area (Å²) in [6.45, 7) is 4.77. The first-order valence-corrected chi connectivity index (χ1v) is 6.05. The summed E-state index contributed by atoms with van der Waals surface area (Å²) in [4.78, 5) is 11.1. The Kier molecular flexibility index (Phi) is 4.62. The van der Waals surface area contributed by atoms with Crippen LogP contribution in [-0.2, 0) is 0 Å². The molecular weight excluding hydrogens is 293 g/mol. The van der Waals surface area contributed by atoms with Gasteiger partial charge >= 0.3 is 5.97 Å². The summed E-state index contributed by atoms with van der Waals surface area (Å²) in [5.74, 6) is -0.573. The maximum absolute atomic E-state index is 11.1. The van der Waals surface area contributed by atoms with Crippen molar-refractivity contribution in [1.29, 1.82) is 0 Å². The van der Waals surface area contributed by atoms with Gasteiger partial charge in [0.1, 0.15) is 0 Å². The van der Waals surface area contributed by atoms with Crippen LogP contribution in [0.4, 0.5) is 5.69 Å². The molecule has 0 amide bonds. The van der Waals surface area contributed by atoms with E-state index >= 15 is 0 Å². The van der Waals surface area contributed by atoms with Crippen molar-refractivity contribution in [2.45, 2.75) is 13.8 Å². The van der Waals surface area contributed by atoms with Crippen LogP contribution in [0.15, 0.2) is 16.6 Å². The number of hydrogen-bond donors (Lipinski definition) is 2. The molecule has 0 saturated heterocycles. The molecule has 16 heavy (non-hydrogen) atoms. The monoisotopic (exact) mass is 305 g/mol. The van der Waals surface area contributed by atoms with Gasteiger partial charge in [0.2, 0.25) is 0 Å². The first-order chi connectivity index (χ1) is 7.41. The average Bonchev–Trinajstić information content (AvgIpc) is 2.14. The summed E-state index contributed by atoms with van der Waals surface area (Å²) in [7, 11) is 0. The molecule has 5 heteroatoms. The van der Waals surface area contributed by atoms with Crippen molar-refractivity contribution >= 4 is 39.2 Å². The third-order valence-corrected chi connectivity index (χ3v) is 2.73. The molecular formula is C11H13BrClNO2. The van der Waals surface area contributed by atoms with Crippen molar-refractivity contribution < 1.29 is 9.90 Å². The van der Waals surface area contributed by atoms with Crippen molar-refractivity contribution in [1.82, 2.24) is 0 Å². The van der Waals surface area contributed by atoms with E-state index < -0.39 is 5.97 Å². The molecule has 1 rings (SSSR count). The van der Waals surface area contributed by atoms with E-state index in [1.54, 1.807) is 6.07 Å². The van der Waals surface area contributed by atoms with E-state index in [9.17, 15) is 4.79 Å². The molecule has 0 fully saturated rings. The number of benzene rings is 1. The lowest BCUT2D eigenvalue weighted by Crippen LogP contribution is -2.12. The molecule has 0 aliphatic carbocycles. The third kappa shape index (κ3) is 3.39. The van der Waals surface area contributed by atoms with Crippen LogP contribution in [0.25, 0.3) is 0 Å². The van der Waals surface area contributed by atoms with E-state index in [-0.39, 0.29) is 5.56 Å². The lowest BCUT2D eigenvalue weighted by molar-refractivity contribution is 0.0698. The van der Waals surface area contributed by atoms with E-state index in [0.29, 0.717) is 27.6 Å². The van der Waals surface area contributed by atoms with Crippen molar-refractivity contribution in [3.63, 3.8) is 0 Å². The largest absolute Gasteiger partial charge is 0.478 e. The predicted octanol–water partition coefficient (Wildman–Crippen LogP) is 3.87. The number of carbonyl (C=O) groups is 1. The van der Waals surface area contributed by atoms with Gasteiger partial charge in [-0.2, -0.15) is 0 Å². The molecule has 0 saturated carbocycles. The second-order valence-electron chi connectivity index (χ2n) is 3.89. The molecule has 0 bridgehead atoms. The number of carboxylic acid groups (broad SMARTS) is 1. The van der Waals surface area contributed by atoms with Crippen LogP contribution in [0.2, 0.25) is 5.02 Å². The van der Waals surface area contributed by atoms with Gasteiger partial charge in [0, 0.05) is 11.0 Å². The van der Waals surface area contributed by atoms with Crippen LogP contribution in [0.1, 0.15) is 24.2 Å². The summed E-state index contributed by atoms with van der Waals surface area (Å²) < 4.78 is 0.657. The second-order valence-corrected chi connectivity index (χ2v) is 5.21. The SMILES string of the molecule is CC(C)CNc1c(Cl)cc(Br)cc1C(=O)O. The second kappa shape index (κ2) is 5.55. The zero-order valence-electron chi connectivity index (χ0n) is 9.05. The van der Waals surface area contributed by atoms with E-state index in [1.165, 1.54) is 6.07 Å². The van der Waals surface area contributed by atoms with Gasteiger partial charge in [0.25, 0.3) is 0 Å². The summed E-state index contributed by atoms with van der Waals surface area (Å²) in [6.07, 6.45) is 0. The predicted molar refractivity (Wildman–Crippen MR) is 69.4 cm³/mol. The topological polar surface area (TPSA) is 49.3 Å². The number of carboxylic acids is 1. The molecule has 0 aromatic heterocycles. The van der Waals surface area contributed by atoms with E-state index in [2.05, 4.69) is 21.2 Å². The summed E-state index contributed by atoms with van der Waals surface area (Å²) >= 11 is 9.23. The Balaban J connectivity index is 3.09. The van der Waals surface area contributed by atoms with Gasteiger partial charge in [0.15, 0.2) is 0 Å². The molecule has 1 aromatic carbocycles. The van der Waals surface area contributed by atoms with E-state index in [4.69, 9.17) is 16.7 Å². The zero-order valence-corrected chi connectivity index (χ0v) is 11.4. The molecule has 0 spiro atoms. The van der Waals surface area contributed by atoms with Gasteiger partial charge in [-0.1, -0.05) is 41.4 Å². The maximum atomic E-state index is 11.1.